The highest BCUT2D eigenvalue weighted by atomic mass is 16.7. The van der Waals surface area contributed by atoms with Crippen LogP contribution in [0.1, 0.15) is 48.5 Å². The molecule has 2 saturated heterocycles. The van der Waals surface area contributed by atoms with Crippen molar-refractivity contribution in [2.45, 2.75) is 109 Å². The van der Waals surface area contributed by atoms with Gasteiger partial charge in [0.05, 0.1) is 17.7 Å². The molecule has 2 heterocycles. The van der Waals surface area contributed by atoms with E-state index in [1.54, 1.807) is 20.8 Å². The zero-order valence-electron chi connectivity index (χ0n) is 21.1. The van der Waals surface area contributed by atoms with Crippen LogP contribution in [0.3, 0.4) is 0 Å². The molecule has 2 rings (SSSR count). The second-order valence-corrected chi connectivity index (χ2v) is 8.84. The van der Waals surface area contributed by atoms with Crippen LogP contribution in [0.5, 0.6) is 0 Å². The first-order valence-electron chi connectivity index (χ1n) is 11.2. The van der Waals surface area contributed by atoms with Crippen LogP contribution in [0, 0.1) is 0 Å². The summed E-state index contributed by atoms with van der Waals surface area (Å²) in [5.74, 6) is -2.57. The Kier molecular flexibility index (Phi) is 9.59. The topological polar surface area (TPSA) is 165 Å². The van der Waals surface area contributed by atoms with Crippen molar-refractivity contribution in [2.24, 2.45) is 0 Å². The Bertz CT molecular complexity index is 805. The number of carbonyl (C=O) groups excluding carboxylic acids is 4. The summed E-state index contributed by atoms with van der Waals surface area (Å²) in [4.78, 5) is 47.5. The van der Waals surface area contributed by atoms with Gasteiger partial charge in [0.15, 0.2) is 30.9 Å². The first-order chi connectivity index (χ1) is 16.2. The molecule has 0 saturated carbocycles. The van der Waals surface area contributed by atoms with E-state index in [2.05, 4.69) is 5.32 Å². The number of aliphatic hydroxyl groups excluding tert-OH is 1. The minimum Gasteiger partial charge on any atom is -0.456 e. The fraction of sp³-hybridized carbons (Fsp3) is 0.818. The Labute approximate surface area is 203 Å². The molecule has 0 aliphatic carbocycles. The molecule has 0 bridgehead atoms. The fourth-order valence-corrected chi connectivity index (χ4v) is 4.48. The highest BCUT2D eigenvalue weighted by Gasteiger charge is 2.58. The van der Waals surface area contributed by atoms with E-state index in [4.69, 9.17) is 33.2 Å². The maximum Gasteiger partial charge on any atom is 0.303 e. The Morgan fingerprint density at radius 3 is 1.77 bits per heavy atom. The van der Waals surface area contributed by atoms with Crippen LogP contribution in [-0.2, 0) is 52.3 Å². The van der Waals surface area contributed by atoms with E-state index in [-0.39, 0.29) is 0 Å². The fourth-order valence-electron chi connectivity index (χ4n) is 4.48. The lowest BCUT2D eigenvalue weighted by Crippen LogP contribution is -2.73. The highest BCUT2D eigenvalue weighted by Crippen LogP contribution is 2.36. The van der Waals surface area contributed by atoms with Crippen molar-refractivity contribution in [3.05, 3.63) is 0 Å². The summed E-state index contributed by atoms with van der Waals surface area (Å²) < 4.78 is 39.1. The number of carbonyl (C=O) groups is 4. The standard InChI is InChI=1S/C22H35NO12/c1-9-15(32-12(4)25)16(33-13(5)26)17(34-14(6)27)20(30-9)35-19-10(2)31-21(29-8)18(28)22(19,7)23-11(3)24/h9-10,15-21,28H,1-8H3,(H,23,24)/t9-,10-,15+,16+,17-,18-,19-,20+,21-,22-/m0/s1. The van der Waals surface area contributed by atoms with Gasteiger partial charge in [0.25, 0.3) is 0 Å². The molecule has 0 aromatic heterocycles. The van der Waals surface area contributed by atoms with Gasteiger partial charge in [0, 0.05) is 34.8 Å². The van der Waals surface area contributed by atoms with Crippen molar-refractivity contribution in [3.8, 4) is 0 Å². The second-order valence-electron chi connectivity index (χ2n) is 8.84. The summed E-state index contributed by atoms with van der Waals surface area (Å²) >= 11 is 0. The van der Waals surface area contributed by atoms with Gasteiger partial charge in [-0.15, -0.1) is 0 Å². The third-order valence-corrected chi connectivity index (χ3v) is 5.83. The monoisotopic (exact) mass is 505 g/mol. The molecule has 0 radical (unpaired) electrons. The van der Waals surface area contributed by atoms with Gasteiger partial charge in [-0.05, 0) is 20.8 Å². The minimum atomic E-state index is -1.43. The normalized spacial score (nSPS) is 39.3. The molecule has 0 spiro atoms. The van der Waals surface area contributed by atoms with Gasteiger partial charge in [-0.3, -0.25) is 19.2 Å². The van der Waals surface area contributed by atoms with Crippen LogP contribution in [0.25, 0.3) is 0 Å². The number of nitrogens with one attached hydrogen (secondary N) is 1. The van der Waals surface area contributed by atoms with Gasteiger partial charge < -0.3 is 43.6 Å². The van der Waals surface area contributed by atoms with E-state index in [0.29, 0.717) is 0 Å². The van der Waals surface area contributed by atoms with Crippen molar-refractivity contribution >= 4 is 23.8 Å². The van der Waals surface area contributed by atoms with Gasteiger partial charge in [0.1, 0.15) is 12.2 Å². The number of hydrogen-bond donors (Lipinski definition) is 2. The molecule has 10 atom stereocenters. The lowest BCUT2D eigenvalue weighted by molar-refractivity contribution is -0.349. The third-order valence-electron chi connectivity index (χ3n) is 5.83. The van der Waals surface area contributed by atoms with Gasteiger partial charge >= 0.3 is 17.9 Å². The van der Waals surface area contributed by atoms with Crippen molar-refractivity contribution in [1.29, 1.82) is 0 Å². The van der Waals surface area contributed by atoms with Crippen LogP contribution in [0.15, 0.2) is 0 Å². The van der Waals surface area contributed by atoms with Crippen molar-refractivity contribution in [1.82, 2.24) is 5.32 Å². The van der Waals surface area contributed by atoms with Crippen molar-refractivity contribution in [3.63, 3.8) is 0 Å². The molecule has 0 aromatic rings. The van der Waals surface area contributed by atoms with Crippen LogP contribution in [0.4, 0.5) is 0 Å². The van der Waals surface area contributed by atoms with E-state index < -0.39 is 84.7 Å². The number of methoxy groups -OCH3 is 1. The molecule has 13 heteroatoms. The molecule has 2 aliphatic rings. The van der Waals surface area contributed by atoms with Crippen molar-refractivity contribution in [2.75, 3.05) is 7.11 Å². The van der Waals surface area contributed by atoms with Crippen LogP contribution >= 0.6 is 0 Å². The molecule has 2 fully saturated rings. The van der Waals surface area contributed by atoms with E-state index in [1.807, 2.05) is 0 Å². The quantitative estimate of drug-likeness (QED) is 0.339. The van der Waals surface area contributed by atoms with Crippen LogP contribution < -0.4 is 5.32 Å². The minimum absolute atomic E-state index is 0.453. The molecular weight excluding hydrogens is 470 g/mol. The number of aliphatic hydroxyl groups is 1. The highest BCUT2D eigenvalue weighted by molar-refractivity contribution is 5.74. The van der Waals surface area contributed by atoms with Crippen LogP contribution in [0.2, 0.25) is 0 Å². The summed E-state index contributed by atoms with van der Waals surface area (Å²) in [5, 5.41) is 13.6. The number of esters is 3. The zero-order valence-corrected chi connectivity index (χ0v) is 21.1. The number of ether oxygens (including phenoxy) is 7. The maximum atomic E-state index is 12.0. The summed E-state index contributed by atoms with van der Waals surface area (Å²) in [6.07, 6.45) is -10.2. The smallest absolute Gasteiger partial charge is 0.303 e. The van der Waals surface area contributed by atoms with Gasteiger partial charge in [-0.25, -0.2) is 0 Å². The van der Waals surface area contributed by atoms with Crippen LogP contribution in [-0.4, -0.2) is 96.9 Å². The first-order valence-corrected chi connectivity index (χ1v) is 11.2. The number of rotatable bonds is 7. The largest absolute Gasteiger partial charge is 0.456 e. The third kappa shape index (κ3) is 6.67. The van der Waals surface area contributed by atoms with Gasteiger partial charge in [-0.2, -0.15) is 0 Å². The van der Waals surface area contributed by atoms with Gasteiger partial charge in [0.2, 0.25) is 5.91 Å². The molecular formula is C22H35NO12. The van der Waals surface area contributed by atoms with E-state index >= 15 is 0 Å². The SMILES string of the molecule is CO[C@H]1O[C@@H](C)[C@H](O[C@H]2O[C@@H](C)[C@@H](OC(C)=O)[C@@H](OC(C)=O)[C@@H]2OC(C)=O)[C@@](C)(NC(C)=O)[C@H]1O. The maximum absolute atomic E-state index is 12.0. The molecule has 0 unspecified atom stereocenters. The summed E-state index contributed by atoms with van der Waals surface area (Å²) in [6, 6.07) is 0. The average molecular weight is 506 g/mol. The molecule has 1 amide bonds. The molecule has 35 heavy (non-hydrogen) atoms. The number of hydrogen-bond acceptors (Lipinski definition) is 12. The Morgan fingerprint density at radius 2 is 1.29 bits per heavy atom. The molecule has 200 valence electrons. The Hall–Kier alpha value is -2.32. The predicted octanol–water partition coefficient (Wildman–Crippen LogP) is -0.442. The molecule has 0 aromatic carbocycles. The second kappa shape index (κ2) is 11.6. The van der Waals surface area contributed by atoms with E-state index in [0.717, 1.165) is 13.8 Å². The number of amides is 1. The van der Waals surface area contributed by atoms with Gasteiger partial charge in [-0.1, -0.05) is 0 Å². The zero-order chi connectivity index (χ0) is 26.7. The molecule has 2 aliphatic heterocycles. The first kappa shape index (κ1) is 28.9. The Balaban J connectivity index is 2.48. The lowest BCUT2D eigenvalue weighted by Gasteiger charge is -2.52. The summed E-state index contributed by atoms with van der Waals surface area (Å²) in [6.45, 7) is 9.49. The predicted molar refractivity (Wildman–Crippen MR) is 115 cm³/mol. The molecule has 2 N–H and O–H groups in total. The van der Waals surface area contributed by atoms with E-state index in [1.165, 1.54) is 21.0 Å². The van der Waals surface area contributed by atoms with Crippen molar-refractivity contribution < 1.29 is 57.4 Å². The lowest BCUT2D eigenvalue weighted by atomic mass is 9.82. The molecule has 13 nitrogen and oxygen atoms in total. The average Bonchev–Trinajstić information content (AvgIpc) is 2.72. The Morgan fingerprint density at radius 1 is 0.800 bits per heavy atom. The van der Waals surface area contributed by atoms with E-state index in [9.17, 15) is 24.3 Å². The summed E-state index contributed by atoms with van der Waals surface area (Å²) in [7, 11) is 1.34. The summed E-state index contributed by atoms with van der Waals surface area (Å²) in [5.41, 5.74) is -1.43.